The Labute approximate surface area is 276 Å². The lowest BCUT2D eigenvalue weighted by molar-refractivity contribution is -0.106. The van der Waals surface area contributed by atoms with E-state index < -0.39 is 6.03 Å². The van der Waals surface area contributed by atoms with Gasteiger partial charge in [0.2, 0.25) is 6.41 Å². The average molecular weight is 645 g/mol. The third kappa shape index (κ3) is 11.1. The minimum absolute atomic E-state index is 0.263. The van der Waals surface area contributed by atoms with Crippen LogP contribution in [0.15, 0.2) is 75.6 Å². The number of urea groups is 1. The van der Waals surface area contributed by atoms with Crippen LogP contribution >= 0.6 is 11.8 Å². The molecule has 0 fully saturated rings. The highest BCUT2D eigenvalue weighted by molar-refractivity contribution is 8.14. The first-order valence-corrected chi connectivity index (χ1v) is 16.3. The number of amides is 3. The fraction of sp³-hybridized carbons (Fsp3) is 0.343. The van der Waals surface area contributed by atoms with Gasteiger partial charge in [-0.15, -0.1) is 0 Å². The van der Waals surface area contributed by atoms with E-state index in [2.05, 4.69) is 41.1 Å². The second-order valence-corrected chi connectivity index (χ2v) is 12.1. The largest absolute Gasteiger partial charge is 0.494 e. The molecular weight excluding hydrogens is 600 g/mol. The zero-order valence-electron chi connectivity index (χ0n) is 27.4. The number of thioether (sulfide) groups is 1. The van der Waals surface area contributed by atoms with E-state index in [0.29, 0.717) is 54.8 Å². The molecule has 0 saturated heterocycles. The summed E-state index contributed by atoms with van der Waals surface area (Å²) in [6.07, 6.45) is 3.02. The van der Waals surface area contributed by atoms with Gasteiger partial charge in [0.25, 0.3) is 0 Å². The third-order valence-corrected chi connectivity index (χ3v) is 7.30. The molecule has 0 aliphatic carbocycles. The van der Waals surface area contributed by atoms with Gasteiger partial charge in [-0.3, -0.25) is 9.69 Å². The maximum absolute atomic E-state index is 13.1. The fourth-order valence-corrected chi connectivity index (χ4v) is 4.87. The first-order valence-electron chi connectivity index (χ1n) is 15.3. The van der Waals surface area contributed by atoms with Gasteiger partial charge in [0, 0.05) is 23.4 Å². The molecule has 3 rings (SSSR count). The lowest BCUT2D eigenvalue weighted by Gasteiger charge is -2.22. The van der Waals surface area contributed by atoms with Crippen LogP contribution in [0.4, 0.5) is 21.9 Å². The number of nitrogens with one attached hydrogen (secondary N) is 1. The number of hydrogen-bond acceptors (Lipinski definition) is 6. The van der Waals surface area contributed by atoms with E-state index in [1.165, 1.54) is 23.0 Å². The SMILES string of the molecule is CCCOc1ccc(N=CN=C(N)c2ccc(NC(=O)/N=C(\SCC)N(C=O)c3cc(C)ccc3COCC(C)C)c(C)c2)cc1. The van der Waals surface area contributed by atoms with Gasteiger partial charge < -0.3 is 20.5 Å². The molecule has 0 saturated carbocycles. The maximum Gasteiger partial charge on any atom is 0.347 e. The first-order chi connectivity index (χ1) is 22.1. The van der Waals surface area contributed by atoms with E-state index in [4.69, 9.17) is 15.2 Å². The van der Waals surface area contributed by atoms with Gasteiger partial charge in [-0.05, 0) is 91.6 Å². The Balaban J connectivity index is 1.74. The molecule has 0 aliphatic rings. The molecule has 0 unspecified atom stereocenters. The molecule has 3 aromatic rings. The summed E-state index contributed by atoms with van der Waals surface area (Å²) < 4.78 is 11.4. The number of carbonyl (C=O) groups is 2. The second-order valence-electron chi connectivity index (χ2n) is 10.9. The molecule has 0 spiro atoms. The molecular formula is C35H44N6O4S. The third-order valence-electron chi connectivity index (χ3n) is 6.47. The van der Waals surface area contributed by atoms with Crippen molar-refractivity contribution < 1.29 is 19.1 Å². The number of carbonyl (C=O) groups excluding carboxylic acids is 2. The summed E-state index contributed by atoms with van der Waals surface area (Å²) in [5.41, 5.74) is 11.4. The monoisotopic (exact) mass is 644 g/mol. The Morgan fingerprint density at radius 1 is 1.07 bits per heavy atom. The van der Waals surface area contributed by atoms with Gasteiger partial charge in [-0.2, -0.15) is 4.99 Å². The Hall–Kier alpha value is -4.48. The zero-order valence-corrected chi connectivity index (χ0v) is 28.3. The number of benzene rings is 3. The van der Waals surface area contributed by atoms with Crippen molar-refractivity contribution in [2.24, 2.45) is 26.6 Å². The average Bonchev–Trinajstić information content (AvgIpc) is 3.02. The van der Waals surface area contributed by atoms with Crippen molar-refractivity contribution >= 4 is 58.6 Å². The van der Waals surface area contributed by atoms with E-state index >= 15 is 0 Å². The Kier molecular flexibility index (Phi) is 14.5. The molecule has 0 radical (unpaired) electrons. The number of nitrogens with zero attached hydrogens (tertiary/aromatic N) is 4. The lowest BCUT2D eigenvalue weighted by Crippen LogP contribution is -2.30. The van der Waals surface area contributed by atoms with Crippen LogP contribution in [0.5, 0.6) is 5.75 Å². The normalized spacial score (nSPS) is 12.1. The fourth-order valence-electron chi connectivity index (χ4n) is 4.19. The number of aliphatic imine (C=N–C) groups is 3. The van der Waals surface area contributed by atoms with E-state index in [-0.39, 0.29) is 11.0 Å². The number of ether oxygens (including phenoxy) is 2. The number of hydrogen-bond donors (Lipinski definition) is 2. The molecule has 0 aliphatic heterocycles. The lowest BCUT2D eigenvalue weighted by atomic mass is 10.1. The van der Waals surface area contributed by atoms with Gasteiger partial charge in [0.15, 0.2) is 5.17 Å². The summed E-state index contributed by atoms with van der Waals surface area (Å²) in [7, 11) is 0. The van der Waals surface area contributed by atoms with E-state index in [1.807, 2.05) is 69.3 Å². The predicted molar refractivity (Wildman–Crippen MR) is 191 cm³/mol. The number of rotatable bonds is 14. The van der Waals surface area contributed by atoms with Crippen molar-refractivity contribution in [1.29, 1.82) is 0 Å². The van der Waals surface area contributed by atoms with Crippen LogP contribution in [0, 0.1) is 19.8 Å². The van der Waals surface area contributed by atoms with Crippen LogP contribution in [-0.2, 0) is 16.1 Å². The van der Waals surface area contributed by atoms with E-state index in [9.17, 15) is 9.59 Å². The molecule has 0 aromatic heterocycles. The molecule has 0 heterocycles. The highest BCUT2D eigenvalue weighted by Crippen LogP contribution is 2.26. The number of aryl methyl sites for hydroxylation is 2. The highest BCUT2D eigenvalue weighted by Gasteiger charge is 2.19. The van der Waals surface area contributed by atoms with Crippen LogP contribution in [0.2, 0.25) is 0 Å². The van der Waals surface area contributed by atoms with Gasteiger partial charge in [-0.1, -0.05) is 51.6 Å². The van der Waals surface area contributed by atoms with Gasteiger partial charge >= 0.3 is 6.03 Å². The van der Waals surface area contributed by atoms with Gasteiger partial charge in [0.05, 0.1) is 24.6 Å². The molecule has 10 nitrogen and oxygen atoms in total. The summed E-state index contributed by atoms with van der Waals surface area (Å²) in [5.74, 6) is 2.06. The molecule has 244 valence electrons. The summed E-state index contributed by atoms with van der Waals surface area (Å²) >= 11 is 1.30. The van der Waals surface area contributed by atoms with Gasteiger partial charge in [0.1, 0.15) is 17.9 Å². The number of nitrogens with two attached hydrogens (primary N) is 1. The molecule has 0 atom stereocenters. The van der Waals surface area contributed by atoms with E-state index in [1.54, 1.807) is 12.1 Å². The van der Waals surface area contributed by atoms with Crippen molar-refractivity contribution in [2.45, 2.75) is 54.6 Å². The molecule has 11 heteroatoms. The molecule has 0 bridgehead atoms. The summed E-state index contributed by atoms with van der Waals surface area (Å²) in [6.45, 7) is 13.5. The molecule has 3 aromatic carbocycles. The smallest absolute Gasteiger partial charge is 0.347 e. The minimum Gasteiger partial charge on any atom is -0.494 e. The van der Waals surface area contributed by atoms with Crippen LogP contribution in [0.25, 0.3) is 0 Å². The topological polar surface area (TPSA) is 131 Å². The van der Waals surface area contributed by atoms with Crippen molar-refractivity contribution in [1.82, 2.24) is 0 Å². The van der Waals surface area contributed by atoms with Crippen LogP contribution in [0.1, 0.15) is 56.4 Å². The number of amidine groups is 2. The quantitative estimate of drug-likeness (QED) is 0.105. The highest BCUT2D eigenvalue weighted by atomic mass is 32.2. The van der Waals surface area contributed by atoms with Crippen molar-refractivity contribution in [3.05, 3.63) is 82.9 Å². The van der Waals surface area contributed by atoms with Crippen LogP contribution < -0.4 is 20.7 Å². The Bertz CT molecular complexity index is 1550. The minimum atomic E-state index is -0.608. The Morgan fingerprint density at radius 2 is 1.83 bits per heavy atom. The second kappa shape index (κ2) is 18.5. The van der Waals surface area contributed by atoms with E-state index in [0.717, 1.165) is 34.5 Å². The summed E-state index contributed by atoms with van der Waals surface area (Å²) in [4.78, 5) is 39.8. The molecule has 46 heavy (non-hydrogen) atoms. The van der Waals surface area contributed by atoms with Crippen molar-refractivity contribution in [3.8, 4) is 5.75 Å². The standard InChI is InChI=1S/C35H44N6O4S/c1-7-17-45-30-14-12-29(13-15-30)37-22-38-33(36)27-11-16-31(26(6)19-27)39-34(43)40-35(46-8-2)41(23-42)32-18-25(5)9-10-28(32)21-44-20-24(3)4/h9-16,18-19,22-24H,7-8,17,20-21H2,1-6H3,(H,39,43)(H2,36,37,38)/b40-35-. The molecule has 3 N–H and O–H groups in total. The maximum atomic E-state index is 13.1. The zero-order chi connectivity index (χ0) is 33.5. The number of anilines is 2. The van der Waals surface area contributed by atoms with Crippen LogP contribution in [0.3, 0.4) is 0 Å². The summed E-state index contributed by atoms with van der Waals surface area (Å²) in [5, 5.41) is 3.09. The van der Waals surface area contributed by atoms with Crippen molar-refractivity contribution in [3.63, 3.8) is 0 Å². The van der Waals surface area contributed by atoms with Crippen LogP contribution in [-0.4, -0.2) is 48.7 Å². The summed E-state index contributed by atoms with van der Waals surface area (Å²) in [6, 6.07) is 17.9. The van der Waals surface area contributed by atoms with Crippen molar-refractivity contribution in [2.75, 3.05) is 29.2 Å². The first kappa shape index (κ1) is 36.0. The predicted octanol–water partition coefficient (Wildman–Crippen LogP) is 7.63. The molecule has 3 amide bonds. The van der Waals surface area contributed by atoms with Gasteiger partial charge in [-0.25, -0.2) is 14.8 Å². The Morgan fingerprint density at radius 3 is 2.48 bits per heavy atom.